The zero-order chi connectivity index (χ0) is 18.0. The average Bonchev–Trinajstić information content (AvgIpc) is 2.94. The summed E-state index contributed by atoms with van der Waals surface area (Å²) in [4.78, 5) is 25.1. The highest BCUT2D eigenvalue weighted by atomic mass is 16.4. The van der Waals surface area contributed by atoms with Crippen molar-refractivity contribution in [2.24, 2.45) is 13.0 Å². The minimum atomic E-state index is -0.850. The quantitative estimate of drug-likeness (QED) is 0.889. The van der Waals surface area contributed by atoms with Crippen LogP contribution in [0, 0.1) is 12.8 Å². The minimum absolute atomic E-state index is 0.239. The number of anilines is 1. The van der Waals surface area contributed by atoms with Gasteiger partial charge in [0.2, 0.25) is 0 Å². The van der Waals surface area contributed by atoms with Gasteiger partial charge in [-0.2, -0.15) is 0 Å². The molecule has 132 valence electrons. The fraction of sp³-hybridized carbons (Fsp3) is 0.412. The fourth-order valence-corrected chi connectivity index (χ4v) is 2.96. The van der Waals surface area contributed by atoms with Gasteiger partial charge in [-0.1, -0.05) is 12.1 Å². The summed E-state index contributed by atoms with van der Waals surface area (Å²) in [6.45, 7) is 2.68. The largest absolute Gasteiger partial charge is 0.481 e. The second-order valence-corrected chi connectivity index (χ2v) is 6.26. The maximum absolute atomic E-state index is 12.4. The summed E-state index contributed by atoms with van der Waals surface area (Å²) >= 11 is 0. The number of likely N-dealkylation sites (tertiary alicyclic amines) is 1. The van der Waals surface area contributed by atoms with Gasteiger partial charge in [0.25, 0.3) is 0 Å². The molecule has 2 amide bonds. The van der Waals surface area contributed by atoms with Crippen molar-refractivity contribution in [3.8, 4) is 11.4 Å². The summed E-state index contributed by atoms with van der Waals surface area (Å²) < 4.78 is 1.88. The molecule has 25 heavy (non-hydrogen) atoms. The molecule has 1 aliphatic heterocycles. The van der Waals surface area contributed by atoms with E-state index in [1.54, 1.807) is 11.0 Å². The van der Waals surface area contributed by atoms with Crippen LogP contribution in [0.5, 0.6) is 0 Å². The van der Waals surface area contributed by atoms with Gasteiger partial charge >= 0.3 is 12.0 Å². The summed E-state index contributed by atoms with van der Waals surface area (Å²) in [6, 6.07) is 7.09. The van der Waals surface area contributed by atoms with Crippen LogP contribution >= 0.6 is 0 Å². The maximum Gasteiger partial charge on any atom is 0.321 e. The molecule has 0 radical (unpaired) electrons. The summed E-state index contributed by atoms with van der Waals surface area (Å²) in [6.07, 6.45) is 1.31. The Bertz CT molecular complexity index is 801. The van der Waals surface area contributed by atoms with E-state index in [1.165, 1.54) is 0 Å². The molecule has 2 heterocycles. The zero-order valence-electron chi connectivity index (χ0n) is 14.3. The smallest absolute Gasteiger partial charge is 0.321 e. The third-order valence-corrected chi connectivity index (χ3v) is 4.52. The predicted octanol–water partition coefficient (Wildman–Crippen LogP) is 2.12. The van der Waals surface area contributed by atoms with Crippen LogP contribution in [-0.2, 0) is 11.8 Å². The molecule has 1 aromatic carbocycles. The Labute approximate surface area is 145 Å². The second kappa shape index (κ2) is 6.92. The van der Waals surface area contributed by atoms with E-state index >= 15 is 0 Å². The van der Waals surface area contributed by atoms with E-state index in [9.17, 15) is 9.59 Å². The SMILES string of the molecule is Cc1nnc(-c2cccc(NC(=O)N3CCCC(C(=O)O)C3)c2)n1C. The Morgan fingerprint density at radius 1 is 1.32 bits per heavy atom. The highest BCUT2D eigenvalue weighted by Gasteiger charge is 2.28. The van der Waals surface area contributed by atoms with Gasteiger partial charge in [0.05, 0.1) is 5.92 Å². The topological polar surface area (TPSA) is 100 Å². The van der Waals surface area contributed by atoms with Crippen LogP contribution in [0.4, 0.5) is 10.5 Å². The third-order valence-electron chi connectivity index (χ3n) is 4.52. The molecule has 0 saturated carbocycles. The number of benzene rings is 1. The number of hydrogen-bond acceptors (Lipinski definition) is 4. The normalized spacial score (nSPS) is 17.4. The first-order valence-corrected chi connectivity index (χ1v) is 8.21. The molecule has 0 spiro atoms. The zero-order valence-corrected chi connectivity index (χ0v) is 14.3. The summed E-state index contributed by atoms with van der Waals surface area (Å²) in [5, 5.41) is 20.2. The van der Waals surface area contributed by atoms with E-state index in [1.807, 2.05) is 36.7 Å². The standard InChI is InChI=1S/C17H21N5O3/c1-11-19-20-15(21(11)2)12-5-3-7-14(9-12)18-17(25)22-8-4-6-13(10-22)16(23)24/h3,5,7,9,13H,4,6,8,10H2,1-2H3,(H,18,25)(H,23,24). The van der Waals surface area contributed by atoms with Gasteiger partial charge in [-0.05, 0) is 31.9 Å². The molecule has 0 bridgehead atoms. The van der Waals surface area contributed by atoms with Gasteiger partial charge in [0.15, 0.2) is 5.82 Å². The van der Waals surface area contributed by atoms with Crippen LogP contribution in [0.15, 0.2) is 24.3 Å². The van der Waals surface area contributed by atoms with Crippen molar-refractivity contribution in [3.63, 3.8) is 0 Å². The number of rotatable bonds is 3. The Morgan fingerprint density at radius 2 is 2.12 bits per heavy atom. The lowest BCUT2D eigenvalue weighted by Gasteiger charge is -2.30. The molecule has 1 unspecified atom stereocenters. The molecular formula is C17H21N5O3. The van der Waals surface area contributed by atoms with Crippen molar-refractivity contribution in [1.82, 2.24) is 19.7 Å². The highest BCUT2D eigenvalue weighted by Crippen LogP contribution is 2.22. The van der Waals surface area contributed by atoms with Crippen LogP contribution in [-0.4, -0.2) is 49.9 Å². The number of nitrogens with one attached hydrogen (secondary N) is 1. The van der Waals surface area contributed by atoms with Crippen molar-refractivity contribution in [2.75, 3.05) is 18.4 Å². The number of carboxylic acid groups (broad SMARTS) is 1. The number of carbonyl (C=O) groups excluding carboxylic acids is 1. The lowest BCUT2D eigenvalue weighted by atomic mass is 9.99. The molecule has 2 aromatic rings. The molecular weight excluding hydrogens is 322 g/mol. The first-order valence-electron chi connectivity index (χ1n) is 8.21. The number of aliphatic carboxylic acids is 1. The average molecular weight is 343 g/mol. The van der Waals surface area contributed by atoms with Crippen molar-refractivity contribution in [3.05, 3.63) is 30.1 Å². The van der Waals surface area contributed by atoms with E-state index in [0.29, 0.717) is 25.1 Å². The predicted molar refractivity (Wildman–Crippen MR) is 92.1 cm³/mol. The number of hydrogen-bond donors (Lipinski definition) is 2. The number of aryl methyl sites for hydroxylation is 1. The minimum Gasteiger partial charge on any atom is -0.481 e. The van der Waals surface area contributed by atoms with Crippen molar-refractivity contribution in [2.45, 2.75) is 19.8 Å². The van der Waals surface area contributed by atoms with Gasteiger partial charge in [-0.3, -0.25) is 4.79 Å². The monoisotopic (exact) mass is 343 g/mol. The van der Waals surface area contributed by atoms with Crippen LogP contribution in [0.1, 0.15) is 18.7 Å². The van der Waals surface area contributed by atoms with Crippen molar-refractivity contribution < 1.29 is 14.7 Å². The van der Waals surface area contributed by atoms with E-state index in [0.717, 1.165) is 17.2 Å². The number of carboxylic acids is 1. The van der Waals surface area contributed by atoms with E-state index < -0.39 is 11.9 Å². The molecule has 8 nitrogen and oxygen atoms in total. The number of carbonyl (C=O) groups is 2. The first kappa shape index (κ1) is 16.9. The molecule has 1 atom stereocenters. The molecule has 1 fully saturated rings. The van der Waals surface area contributed by atoms with Crippen molar-refractivity contribution >= 4 is 17.7 Å². The van der Waals surface area contributed by atoms with Crippen LogP contribution in [0.3, 0.4) is 0 Å². The molecule has 1 aliphatic rings. The molecule has 2 N–H and O–H groups in total. The Kier molecular flexibility index (Phi) is 4.69. The first-order chi connectivity index (χ1) is 12.0. The molecule has 0 aliphatic carbocycles. The van der Waals surface area contributed by atoms with Gasteiger partial charge in [-0.15, -0.1) is 10.2 Å². The van der Waals surface area contributed by atoms with Crippen LogP contribution in [0.2, 0.25) is 0 Å². The van der Waals surface area contributed by atoms with Gasteiger partial charge in [0.1, 0.15) is 5.82 Å². The summed E-state index contributed by atoms with van der Waals surface area (Å²) in [5.41, 5.74) is 1.49. The van der Waals surface area contributed by atoms with Gasteiger partial charge in [-0.25, -0.2) is 4.79 Å². The summed E-state index contributed by atoms with van der Waals surface area (Å²) in [5.74, 6) is 0.180. The van der Waals surface area contributed by atoms with Gasteiger partial charge in [0, 0.05) is 31.4 Å². The Balaban J connectivity index is 1.73. The molecule has 8 heteroatoms. The van der Waals surface area contributed by atoms with Gasteiger partial charge < -0.3 is 19.9 Å². The lowest BCUT2D eigenvalue weighted by Crippen LogP contribution is -2.44. The van der Waals surface area contributed by atoms with E-state index in [-0.39, 0.29) is 12.6 Å². The van der Waals surface area contributed by atoms with Crippen LogP contribution < -0.4 is 5.32 Å². The lowest BCUT2D eigenvalue weighted by molar-refractivity contribution is -0.143. The van der Waals surface area contributed by atoms with Crippen molar-refractivity contribution in [1.29, 1.82) is 0 Å². The Hall–Kier alpha value is -2.90. The molecule has 1 saturated heterocycles. The second-order valence-electron chi connectivity index (χ2n) is 6.26. The maximum atomic E-state index is 12.4. The number of amides is 2. The number of nitrogens with zero attached hydrogens (tertiary/aromatic N) is 4. The molecule has 3 rings (SSSR count). The highest BCUT2D eigenvalue weighted by molar-refractivity contribution is 5.90. The van der Waals surface area contributed by atoms with Crippen LogP contribution in [0.25, 0.3) is 11.4 Å². The number of aromatic nitrogens is 3. The van der Waals surface area contributed by atoms with E-state index in [2.05, 4.69) is 15.5 Å². The fourth-order valence-electron chi connectivity index (χ4n) is 2.96. The Morgan fingerprint density at radius 3 is 2.80 bits per heavy atom. The third kappa shape index (κ3) is 3.62. The molecule has 1 aromatic heterocycles. The number of piperidine rings is 1. The van der Waals surface area contributed by atoms with E-state index in [4.69, 9.17) is 5.11 Å². The number of urea groups is 1. The summed E-state index contributed by atoms with van der Waals surface area (Å²) in [7, 11) is 1.88.